The lowest BCUT2D eigenvalue weighted by Gasteiger charge is -2.10. The summed E-state index contributed by atoms with van der Waals surface area (Å²) < 4.78 is 0. The number of carbonyl (C=O) groups is 1. The van der Waals surface area contributed by atoms with Crippen LogP contribution >= 0.6 is 0 Å². The zero-order valence-corrected chi connectivity index (χ0v) is 10.3. The molecule has 17 heavy (non-hydrogen) atoms. The molecule has 3 heteroatoms. The van der Waals surface area contributed by atoms with Gasteiger partial charge in [0.2, 0.25) is 0 Å². The second kappa shape index (κ2) is 5.82. The highest BCUT2D eigenvalue weighted by Crippen LogP contribution is 2.08. The molecule has 0 spiro atoms. The van der Waals surface area contributed by atoms with Crippen LogP contribution in [0.5, 0.6) is 0 Å². The average molecular weight is 232 g/mol. The number of aryl methyl sites for hydroxylation is 1. The molecule has 1 amide bonds. The zero-order chi connectivity index (χ0) is 12.1. The average Bonchev–Trinajstić information content (AvgIpc) is 2.82. The van der Waals surface area contributed by atoms with Gasteiger partial charge in [0.25, 0.3) is 5.91 Å². The van der Waals surface area contributed by atoms with Gasteiger partial charge in [0, 0.05) is 18.2 Å². The van der Waals surface area contributed by atoms with Gasteiger partial charge in [-0.2, -0.15) is 0 Å². The number of amides is 1. The second-order valence-corrected chi connectivity index (χ2v) is 4.71. The smallest absolute Gasteiger partial charge is 0.251 e. The van der Waals surface area contributed by atoms with Gasteiger partial charge in [-0.1, -0.05) is 17.7 Å². The Balaban J connectivity index is 1.77. The van der Waals surface area contributed by atoms with Crippen LogP contribution in [0.15, 0.2) is 24.3 Å². The van der Waals surface area contributed by atoms with Gasteiger partial charge < -0.3 is 10.6 Å². The molecule has 2 rings (SSSR count). The molecule has 2 N–H and O–H groups in total. The second-order valence-electron chi connectivity index (χ2n) is 4.71. The molecule has 1 aromatic carbocycles. The van der Waals surface area contributed by atoms with Crippen molar-refractivity contribution in [3.05, 3.63) is 35.4 Å². The highest BCUT2D eigenvalue weighted by Gasteiger charge is 2.13. The van der Waals surface area contributed by atoms with Gasteiger partial charge in [-0.3, -0.25) is 4.79 Å². The largest absolute Gasteiger partial charge is 0.352 e. The highest BCUT2D eigenvalue weighted by molar-refractivity contribution is 5.94. The molecule has 1 aliphatic heterocycles. The molecule has 1 saturated heterocycles. The van der Waals surface area contributed by atoms with Crippen molar-refractivity contribution in [3.8, 4) is 0 Å². The Morgan fingerprint density at radius 3 is 3.12 bits per heavy atom. The van der Waals surface area contributed by atoms with E-state index in [1.54, 1.807) is 0 Å². The lowest BCUT2D eigenvalue weighted by molar-refractivity contribution is 0.0952. The van der Waals surface area contributed by atoms with Crippen LogP contribution in [-0.2, 0) is 0 Å². The standard InChI is InChI=1S/C14H20N2O/c1-11-4-2-5-12(10-11)14(17)16-9-7-13-6-3-8-15-13/h2,4-5,10,13,15H,3,6-9H2,1H3,(H,16,17)/t13-/m0/s1. The molecule has 1 heterocycles. The third-order valence-electron chi connectivity index (χ3n) is 3.22. The van der Waals surface area contributed by atoms with Crippen LogP contribution in [0, 0.1) is 6.92 Å². The van der Waals surface area contributed by atoms with Crippen LogP contribution in [0.3, 0.4) is 0 Å². The summed E-state index contributed by atoms with van der Waals surface area (Å²) in [6.07, 6.45) is 3.52. The summed E-state index contributed by atoms with van der Waals surface area (Å²) >= 11 is 0. The summed E-state index contributed by atoms with van der Waals surface area (Å²) in [7, 11) is 0. The van der Waals surface area contributed by atoms with Crippen LogP contribution in [0.2, 0.25) is 0 Å². The maximum absolute atomic E-state index is 11.8. The van der Waals surface area contributed by atoms with Gasteiger partial charge in [-0.05, 0) is 44.9 Å². The molecule has 0 unspecified atom stereocenters. The minimum atomic E-state index is 0.0340. The Morgan fingerprint density at radius 2 is 2.41 bits per heavy atom. The van der Waals surface area contributed by atoms with E-state index in [0.717, 1.165) is 30.6 Å². The minimum absolute atomic E-state index is 0.0340. The predicted molar refractivity (Wildman–Crippen MR) is 69.2 cm³/mol. The van der Waals surface area contributed by atoms with Crippen molar-refractivity contribution in [2.24, 2.45) is 0 Å². The Hall–Kier alpha value is -1.35. The van der Waals surface area contributed by atoms with E-state index in [-0.39, 0.29) is 5.91 Å². The van der Waals surface area contributed by atoms with Gasteiger partial charge in [0.1, 0.15) is 0 Å². The van der Waals surface area contributed by atoms with Crippen molar-refractivity contribution in [2.45, 2.75) is 32.2 Å². The fraction of sp³-hybridized carbons (Fsp3) is 0.500. The molecular weight excluding hydrogens is 212 g/mol. The summed E-state index contributed by atoms with van der Waals surface area (Å²) in [6, 6.07) is 8.29. The lowest BCUT2D eigenvalue weighted by atomic mass is 10.1. The monoisotopic (exact) mass is 232 g/mol. The van der Waals surface area contributed by atoms with Crippen molar-refractivity contribution < 1.29 is 4.79 Å². The van der Waals surface area contributed by atoms with Crippen LogP contribution in [0.25, 0.3) is 0 Å². The van der Waals surface area contributed by atoms with E-state index in [1.165, 1.54) is 12.8 Å². The third kappa shape index (κ3) is 3.56. The van der Waals surface area contributed by atoms with Gasteiger partial charge >= 0.3 is 0 Å². The number of nitrogens with one attached hydrogen (secondary N) is 2. The molecule has 92 valence electrons. The van der Waals surface area contributed by atoms with E-state index in [9.17, 15) is 4.79 Å². The van der Waals surface area contributed by atoms with Crippen LogP contribution in [0.4, 0.5) is 0 Å². The maximum atomic E-state index is 11.8. The molecule has 1 aliphatic rings. The molecule has 1 aromatic rings. The Bertz CT molecular complexity index is 384. The van der Waals surface area contributed by atoms with Gasteiger partial charge in [0.15, 0.2) is 0 Å². The normalized spacial score (nSPS) is 19.2. The zero-order valence-electron chi connectivity index (χ0n) is 10.3. The number of carbonyl (C=O) groups excluding carboxylic acids is 1. The topological polar surface area (TPSA) is 41.1 Å². The van der Waals surface area contributed by atoms with E-state index in [1.807, 2.05) is 31.2 Å². The number of hydrogen-bond donors (Lipinski definition) is 2. The van der Waals surface area contributed by atoms with Crippen molar-refractivity contribution in [1.82, 2.24) is 10.6 Å². The maximum Gasteiger partial charge on any atom is 0.251 e. The Morgan fingerprint density at radius 1 is 1.53 bits per heavy atom. The molecule has 0 aromatic heterocycles. The molecule has 3 nitrogen and oxygen atoms in total. The van der Waals surface area contributed by atoms with E-state index in [0.29, 0.717) is 6.04 Å². The van der Waals surface area contributed by atoms with E-state index in [4.69, 9.17) is 0 Å². The minimum Gasteiger partial charge on any atom is -0.352 e. The van der Waals surface area contributed by atoms with Crippen molar-refractivity contribution in [2.75, 3.05) is 13.1 Å². The number of benzene rings is 1. The van der Waals surface area contributed by atoms with Crippen molar-refractivity contribution >= 4 is 5.91 Å². The van der Waals surface area contributed by atoms with E-state index in [2.05, 4.69) is 10.6 Å². The summed E-state index contributed by atoms with van der Waals surface area (Å²) in [4.78, 5) is 11.8. The first-order chi connectivity index (χ1) is 8.25. The lowest BCUT2D eigenvalue weighted by Crippen LogP contribution is -2.30. The number of hydrogen-bond acceptors (Lipinski definition) is 2. The van der Waals surface area contributed by atoms with Crippen LogP contribution in [0.1, 0.15) is 35.2 Å². The van der Waals surface area contributed by atoms with Gasteiger partial charge in [-0.25, -0.2) is 0 Å². The SMILES string of the molecule is Cc1cccc(C(=O)NCC[C@@H]2CCCN2)c1. The molecule has 0 saturated carbocycles. The third-order valence-corrected chi connectivity index (χ3v) is 3.22. The molecule has 1 fully saturated rings. The Labute approximate surface area is 103 Å². The van der Waals surface area contributed by atoms with E-state index < -0.39 is 0 Å². The molecular formula is C14H20N2O. The van der Waals surface area contributed by atoms with Crippen molar-refractivity contribution in [3.63, 3.8) is 0 Å². The van der Waals surface area contributed by atoms with Crippen LogP contribution < -0.4 is 10.6 Å². The predicted octanol–water partition coefficient (Wildman–Crippen LogP) is 1.87. The Kier molecular flexibility index (Phi) is 4.15. The number of rotatable bonds is 4. The van der Waals surface area contributed by atoms with Gasteiger partial charge in [-0.15, -0.1) is 0 Å². The van der Waals surface area contributed by atoms with Crippen molar-refractivity contribution in [1.29, 1.82) is 0 Å². The summed E-state index contributed by atoms with van der Waals surface area (Å²) in [5.74, 6) is 0.0340. The fourth-order valence-corrected chi connectivity index (χ4v) is 2.25. The fourth-order valence-electron chi connectivity index (χ4n) is 2.25. The molecule has 0 aliphatic carbocycles. The first-order valence-corrected chi connectivity index (χ1v) is 6.34. The van der Waals surface area contributed by atoms with Gasteiger partial charge in [0.05, 0.1) is 0 Å². The van der Waals surface area contributed by atoms with E-state index >= 15 is 0 Å². The quantitative estimate of drug-likeness (QED) is 0.832. The molecule has 0 radical (unpaired) electrons. The summed E-state index contributed by atoms with van der Waals surface area (Å²) in [5, 5.41) is 6.40. The summed E-state index contributed by atoms with van der Waals surface area (Å²) in [5.41, 5.74) is 1.87. The first-order valence-electron chi connectivity index (χ1n) is 6.34. The van der Waals surface area contributed by atoms with Crippen LogP contribution in [-0.4, -0.2) is 25.0 Å². The highest BCUT2D eigenvalue weighted by atomic mass is 16.1. The molecule has 0 bridgehead atoms. The molecule has 1 atom stereocenters. The summed E-state index contributed by atoms with van der Waals surface area (Å²) in [6.45, 7) is 3.88. The first kappa shape index (κ1) is 12.1.